The Labute approximate surface area is 129 Å². The van der Waals surface area contributed by atoms with E-state index >= 15 is 0 Å². The van der Waals surface area contributed by atoms with E-state index in [1.54, 1.807) is 0 Å². The van der Waals surface area contributed by atoms with Crippen LogP contribution in [0.2, 0.25) is 0 Å². The van der Waals surface area contributed by atoms with Crippen molar-refractivity contribution in [3.63, 3.8) is 0 Å². The number of nitrogens with zero attached hydrogens (tertiary/aromatic N) is 2. The molecular formula is C13H27Cl2N3O. The fraction of sp³-hybridized carbons (Fsp3) is 0.923. The molecule has 0 saturated carbocycles. The number of rotatable bonds is 4. The van der Waals surface area contributed by atoms with Crippen molar-refractivity contribution in [2.45, 2.75) is 38.1 Å². The van der Waals surface area contributed by atoms with Crippen molar-refractivity contribution in [2.24, 2.45) is 0 Å². The average molecular weight is 312 g/mol. The molecule has 1 amide bonds. The highest BCUT2D eigenvalue weighted by Gasteiger charge is 2.30. The molecule has 0 aromatic rings. The van der Waals surface area contributed by atoms with Gasteiger partial charge in [0, 0.05) is 32.1 Å². The van der Waals surface area contributed by atoms with Crippen LogP contribution in [0.1, 0.15) is 32.1 Å². The summed E-state index contributed by atoms with van der Waals surface area (Å²) in [6.45, 7) is 5.20. The highest BCUT2D eigenvalue weighted by Crippen LogP contribution is 2.20. The maximum Gasteiger partial charge on any atom is 0.223 e. The molecule has 0 aliphatic carbocycles. The maximum atomic E-state index is 11.9. The van der Waals surface area contributed by atoms with Crippen molar-refractivity contribution >= 4 is 30.7 Å². The zero-order valence-electron chi connectivity index (χ0n) is 11.8. The summed E-state index contributed by atoms with van der Waals surface area (Å²) in [6.07, 6.45) is 5.87. The molecule has 2 aliphatic heterocycles. The van der Waals surface area contributed by atoms with Gasteiger partial charge in [-0.05, 0) is 39.4 Å². The molecule has 2 rings (SSSR count). The first-order valence-corrected chi connectivity index (χ1v) is 6.97. The van der Waals surface area contributed by atoms with Crippen molar-refractivity contribution in [3.8, 4) is 0 Å². The zero-order chi connectivity index (χ0) is 12.1. The van der Waals surface area contributed by atoms with Crippen LogP contribution < -0.4 is 5.32 Å². The van der Waals surface area contributed by atoms with Crippen molar-refractivity contribution in [2.75, 3.05) is 39.8 Å². The van der Waals surface area contributed by atoms with Crippen LogP contribution in [0.4, 0.5) is 0 Å². The largest absolute Gasteiger partial charge is 0.341 e. The number of amides is 1. The number of likely N-dealkylation sites (tertiary alicyclic amines) is 2. The van der Waals surface area contributed by atoms with Crippen LogP contribution in [0.15, 0.2) is 0 Å². The first-order valence-electron chi connectivity index (χ1n) is 6.97. The fourth-order valence-corrected chi connectivity index (χ4v) is 2.94. The molecule has 2 saturated heterocycles. The van der Waals surface area contributed by atoms with Crippen LogP contribution in [0.25, 0.3) is 0 Å². The third-order valence-corrected chi connectivity index (χ3v) is 4.01. The highest BCUT2D eigenvalue weighted by atomic mass is 35.5. The molecule has 0 bridgehead atoms. The quantitative estimate of drug-likeness (QED) is 0.855. The van der Waals surface area contributed by atoms with Crippen molar-refractivity contribution in [3.05, 3.63) is 0 Å². The second-order valence-electron chi connectivity index (χ2n) is 5.23. The van der Waals surface area contributed by atoms with Gasteiger partial charge in [0.25, 0.3) is 0 Å². The molecule has 1 unspecified atom stereocenters. The van der Waals surface area contributed by atoms with Gasteiger partial charge >= 0.3 is 0 Å². The molecule has 0 aromatic heterocycles. The summed E-state index contributed by atoms with van der Waals surface area (Å²) < 4.78 is 0. The Balaban J connectivity index is 0.00000162. The first kappa shape index (κ1) is 19.0. The third-order valence-electron chi connectivity index (χ3n) is 4.01. The van der Waals surface area contributed by atoms with E-state index in [2.05, 4.69) is 15.1 Å². The Kier molecular flexibility index (Phi) is 9.79. The van der Waals surface area contributed by atoms with E-state index in [0.29, 0.717) is 18.4 Å². The van der Waals surface area contributed by atoms with Crippen LogP contribution in [-0.2, 0) is 4.79 Å². The molecule has 4 nitrogen and oxygen atoms in total. The summed E-state index contributed by atoms with van der Waals surface area (Å²) in [7, 11) is 1.90. The van der Waals surface area contributed by atoms with Gasteiger partial charge in [0.2, 0.25) is 5.91 Å². The van der Waals surface area contributed by atoms with Crippen molar-refractivity contribution in [1.29, 1.82) is 0 Å². The van der Waals surface area contributed by atoms with Crippen LogP contribution in [0.3, 0.4) is 0 Å². The Morgan fingerprint density at radius 1 is 1.16 bits per heavy atom. The van der Waals surface area contributed by atoms with Gasteiger partial charge in [-0.2, -0.15) is 0 Å². The summed E-state index contributed by atoms with van der Waals surface area (Å²) in [6, 6.07) is 0.633. The average Bonchev–Trinajstić information content (AvgIpc) is 2.86. The SMILES string of the molecule is CNCCC(=O)N1CCC(N2CCCCC2)C1.Cl.Cl. The predicted molar refractivity (Wildman–Crippen MR) is 83.4 cm³/mol. The Morgan fingerprint density at radius 2 is 1.84 bits per heavy atom. The molecular weight excluding hydrogens is 285 g/mol. The van der Waals surface area contributed by atoms with Crippen molar-refractivity contribution < 1.29 is 4.79 Å². The predicted octanol–water partition coefficient (Wildman–Crippen LogP) is 1.53. The topological polar surface area (TPSA) is 35.6 Å². The number of carbonyl (C=O) groups excluding carboxylic acids is 1. The number of carbonyl (C=O) groups is 1. The molecule has 0 radical (unpaired) electrons. The van der Waals surface area contributed by atoms with Gasteiger partial charge in [-0.3, -0.25) is 9.69 Å². The fourth-order valence-electron chi connectivity index (χ4n) is 2.94. The minimum Gasteiger partial charge on any atom is -0.341 e. The maximum absolute atomic E-state index is 11.9. The van der Waals surface area contributed by atoms with E-state index in [9.17, 15) is 4.79 Å². The first-order chi connectivity index (χ1) is 8.31. The molecule has 2 aliphatic rings. The van der Waals surface area contributed by atoms with Crippen LogP contribution in [0.5, 0.6) is 0 Å². The van der Waals surface area contributed by atoms with E-state index in [0.717, 1.165) is 19.6 Å². The molecule has 1 N–H and O–H groups in total. The van der Waals surface area contributed by atoms with Gasteiger partial charge in [0.1, 0.15) is 0 Å². The summed E-state index contributed by atoms with van der Waals surface area (Å²) in [4.78, 5) is 16.5. The van der Waals surface area contributed by atoms with Gasteiger partial charge in [-0.1, -0.05) is 6.42 Å². The van der Waals surface area contributed by atoms with Crippen LogP contribution in [-0.4, -0.2) is 61.5 Å². The minimum absolute atomic E-state index is 0. The standard InChI is InChI=1S/C13H25N3O.2ClH/c1-14-7-5-13(17)16-10-6-12(11-16)15-8-3-2-4-9-15;;/h12,14H,2-11H2,1H3;2*1H. The Morgan fingerprint density at radius 3 is 2.47 bits per heavy atom. The van der Waals surface area contributed by atoms with E-state index in [-0.39, 0.29) is 24.8 Å². The van der Waals surface area contributed by atoms with E-state index in [1.165, 1.54) is 38.8 Å². The lowest BCUT2D eigenvalue weighted by Gasteiger charge is -2.32. The normalized spacial score (nSPS) is 23.6. The molecule has 0 spiro atoms. The van der Waals surface area contributed by atoms with Crippen molar-refractivity contribution in [1.82, 2.24) is 15.1 Å². The summed E-state index contributed by atoms with van der Waals surface area (Å²) in [5.41, 5.74) is 0. The lowest BCUT2D eigenvalue weighted by Crippen LogP contribution is -2.41. The van der Waals surface area contributed by atoms with Crippen LogP contribution >= 0.6 is 24.8 Å². The molecule has 1 atom stereocenters. The summed E-state index contributed by atoms with van der Waals surface area (Å²) >= 11 is 0. The number of hydrogen-bond donors (Lipinski definition) is 1. The minimum atomic E-state index is 0. The summed E-state index contributed by atoms with van der Waals surface area (Å²) in [5, 5.41) is 3.04. The van der Waals surface area contributed by atoms with Gasteiger partial charge < -0.3 is 10.2 Å². The van der Waals surface area contributed by atoms with E-state index in [1.807, 2.05) is 7.05 Å². The van der Waals surface area contributed by atoms with Gasteiger partial charge in [-0.25, -0.2) is 0 Å². The monoisotopic (exact) mass is 311 g/mol. The molecule has 2 heterocycles. The van der Waals surface area contributed by atoms with E-state index < -0.39 is 0 Å². The number of nitrogens with one attached hydrogen (secondary N) is 1. The Hall–Kier alpha value is -0.0300. The third kappa shape index (κ3) is 5.46. The number of piperidine rings is 1. The highest BCUT2D eigenvalue weighted by molar-refractivity contribution is 5.85. The molecule has 0 aromatic carbocycles. The second-order valence-corrected chi connectivity index (χ2v) is 5.23. The Bertz CT molecular complexity index is 260. The molecule has 6 heteroatoms. The van der Waals surface area contributed by atoms with Gasteiger partial charge in [0.15, 0.2) is 0 Å². The van der Waals surface area contributed by atoms with E-state index in [4.69, 9.17) is 0 Å². The smallest absolute Gasteiger partial charge is 0.223 e. The van der Waals surface area contributed by atoms with Gasteiger partial charge in [0.05, 0.1) is 0 Å². The molecule has 19 heavy (non-hydrogen) atoms. The molecule has 114 valence electrons. The van der Waals surface area contributed by atoms with Gasteiger partial charge in [-0.15, -0.1) is 24.8 Å². The van der Waals surface area contributed by atoms with Crippen LogP contribution in [0, 0.1) is 0 Å². The second kappa shape index (κ2) is 9.81. The number of hydrogen-bond acceptors (Lipinski definition) is 3. The number of halogens is 2. The zero-order valence-corrected chi connectivity index (χ0v) is 13.4. The lowest BCUT2D eigenvalue weighted by atomic mass is 10.1. The summed E-state index contributed by atoms with van der Waals surface area (Å²) in [5.74, 6) is 0.318. The lowest BCUT2D eigenvalue weighted by molar-refractivity contribution is -0.130. The molecule has 2 fully saturated rings.